The van der Waals surface area contributed by atoms with Crippen LogP contribution in [0.3, 0.4) is 0 Å². The molecule has 0 spiro atoms. The summed E-state index contributed by atoms with van der Waals surface area (Å²) in [6.45, 7) is 3.70. The highest BCUT2D eigenvalue weighted by Crippen LogP contribution is 2.38. The maximum atomic E-state index is 12.1. The lowest BCUT2D eigenvalue weighted by atomic mass is 9.81. The van der Waals surface area contributed by atoms with Crippen LogP contribution in [-0.4, -0.2) is 20.2 Å². The number of carbonyl (C=O) groups excluding carboxylic acids is 1. The van der Waals surface area contributed by atoms with Crippen LogP contribution in [0.2, 0.25) is 0 Å². The zero-order chi connectivity index (χ0) is 14.0. The number of esters is 1. The standard InChI is InChI=1S/C16H18O3/c1-16(2,15(17)19-4)14-12-8-6-5-7-11(12)9-10-13(14)18-3/h5-10H,1-4H3. The fraction of sp³-hybridized carbons (Fsp3) is 0.312. The maximum Gasteiger partial charge on any atom is 0.315 e. The van der Waals surface area contributed by atoms with E-state index in [4.69, 9.17) is 9.47 Å². The van der Waals surface area contributed by atoms with E-state index >= 15 is 0 Å². The molecule has 3 heteroatoms. The number of ether oxygens (including phenoxy) is 2. The molecule has 0 saturated carbocycles. The summed E-state index contributed by atoms with van der Waals surface area (Å²) in [5, 5.41) is 2.09. The minimum absolute atomic E-state index is 0.276. The number of hydrogen-bond acceptors (Lipinski definition) is 3. The quantitative estimate of drug-likeness (QED) is 0.792. The first-order valence-electron chi connectivity index (χ1n) is 6.17. The molecule has 0 fully saturated rings. The van der Waals surface area contributed by atoms with Gasteiger partial charge in [-0.05, 0) is 30.7 Å². The first-order valence-corrected chi connectivity index (χ1v) is 6.17. The maximum absolute atomic E-state index is 12.1. The third-order valence-electron chi connectivity index (χ3n) is 3.43. The Kier molecular flexibility index (Phi) is 3.47. The van der Waals surface area contributed by atoms with Gasteiger partial charge < -0.3 is 9.47 Å². The molecule has 2 aromatic rings. The first kappa shape index (κ1) is 13.4. The summed E-state index contributed by atoms with van der Waals surface area (Å²) in [6.07, 6.45) is 0. The zero-order valence-electron chi connectivity index (χ0n) is 11.7. The first-order chi connectivity index (χ1) is 9.02. The molecule has 2 aromatic carbocycles. The van der Waals surface area contributed by atoms with E-state index in [1.807, 2.05) is 50.2 Å². The third-order valence-corrected chi connectivity index (χ3v) is 3.43. The minimum atomic E-state index is -0.763. The summed E-state index contributed by atoms with van der Waals surface area (Å²) >= 11 is 0. The molecule has 0 aliphatic carbocycles. The van der Waals surface area contributed by atoms with Crippen LogP contribution in [0, 0.1) is 0 Å². The second-order valence-corrected chi connectivity index (χ2v) is 4.98. The molecule has 19 heavy (non-hydrogen) atoms. The molecule has 0 saturated heterocycles. The zero-order valence-corrected chi connectivity index (χ0v) is 11.7. The molecular weight excluding hydrogens is 240 g/mol. The number of carbonyl (C=O) groups is 1. The number of benzene rings is 2. The van der Waals surface area contributed by atoms with Crippen LogP contribution in [-0.2, 0) is 14.9 Å². The molecule has 0 aromatic heterocycles. The molecule has 0 radical (unpaired) electrons. The van der Waals surface area contributed by atoms with E-state index in [9.17, 15) is 4.79 Å². The van der Waals surface area contributed by atoms with Crippen LogP contribution in [0.5, 0.6) is 5.75 Å². The Bertz CT molecular complexity index is 614. The lowest BCUT2D eigenvalue weighted by Crippen LogP contribution is -2.31. The average molecular weight is 258 g/mol. The largest absolute Gasteiger partial charge is 0.496 e. The van der Waals surface area contributed by atoms with E-state index in [0.29, 0.717) is 5.75 Å². The molecule has 3 nitrogen and oxygen atoms in total. The van der Waals surface area contributed by atoms with E-state index in [-0.39, 0.29) is 5.97 Å². The fourth-order valence-electron chi connectivity index (χ4n) is 2.42. The number of fused-ring (bicyclic) bond motifs is 1. The summed E-state index contributed by atoms with van der Waals surface area (Å²) in [7, 11) is 3.02. The minimum Gasteiger partial charge on any atom is -0.496 e. The van der Waals surface area contributed by atoms with Gasteiger partial charge in [0.15, 0.2) is 0 Å². The topological polar surface area (TPSA) is 35.5 Å². The molecular formula is C16H18O3. The summed E-state index contributed by atoms with van der Waals surface area (Å²) in [6, 6.07) is 11.8. The highest BCUT2D eigenvalue weighted by atomic mass is 16.5. The van der Waals surface area contributed by atoms with Crippen molar-refractivity contribution >= 4 is 16.7 Å². The summed E-state index contributed by atoms with van der Waals surface area (Å²) < 4.78 is 10.4. The molecule has 0 amide bonds. The highest BCUT2D eigenvalue weighted by molar-refractivity contribution is 5.95. The van der Waals surface area contributed by atoms with Gasteiger partial charge in [-0.15, -0.1) is 0 Å². The molecule has 0 bridgehead atoms. The van der Waals surface area contributed by atoms with Gasteiger partial charge in [0.2, 0.25) is 0 Å². The van der Waals surface area contributed by atoms with E-state index in [0.717, 1.165) is 16.3 Å². The van der Waals surface area contributed by atoms with Crippen LogP contribution < -0.4 is 4.74 Å². The molecule has 0 heterocycles. The van der Waals surface area contributed by atoms with Crippen molar-refractivity contribution in [3.63, 3.8) is 0 Å². The van der Waals surface area contributed by atoms with Crippen molar-refractivity contribution in [2.75, 3.05) is 14.2 Å². The lowest BCUT2D eigenvalue weighted by molar-refractivity contribution is -0.146. The van der Waals surface area contributed by atoms with Crippen molar-refractivity contribution in [2.24, 2.45) is 0 Å². The summed E-state index contributed by atoms with van der Waals surface area (Å²) in [5.74, 6) is 0.427. The number of methoxy groups -OCH3 is 2. The normalized spacial score (nSPS) is 11.4. The lowest BCUT2D eigenvalue weighted by Gasteiger charge is -2.26. The Morgan fingerprint density at radius 3 is 2.37 bits per heavy atom. The monoisotopic (exact) mass is 258 g/mol. The van der Waals surface area contributed by atoms with Gasteiger partial charge in [0.1, 0.15) is 5.75 Å². The second-order valence-electron chi connectivity index (χ2n) is 4.98. The Hall–Kier alpha value is -2.03. The number of rotatable bonds is 3. The van der Waals surface area contributed by atoms with Crippen molar-refractivity contribution < 1.29 is 14.3 Å². The van der Waals surface area contributed by atoms with Crippen molar-refractivity contribution in [3.05, 3.63) is 42.0 Å². The predicted molar refractivity (Wildman–Crippen MR) is 75.5 cm³/mol. The molecule has 0 aliphatic heterocycles. The fourth-order valence-corrected chi connectivity index (χ4v) is 2.42. The molecule has 2 rings (SSSR count). The molecule has 0 aliphatic rings. The van der Waals surface area contributed by atoms with Crippen LogP contribution in [0.4, 0.5) is 0 Å². The smallest absolute Gasteiger partial charge is 0.315 e. The van der Waals surface area contributed by atoms with Crippen LogP contribution in [0.15, 0.2) is 36.4 Å². The Morgan fingerprint density at radius 2 is 1.74 bits per heavy atom. The van der Waals surface area contributed by atoms with Gasteiger partial charge in [-0.2, -0.15) is 0 Å². The SMILES string of the molecule is COC(=O)C(C)(C)c1c(OC)ccc2ccccc12. The van der Waals surface area contributed by atoms with E-state index in [2.05, 4.69) is 0 Å². The van der Waals surface area contributed by atoms with E-state index in [1.54, 1.807) is 7.11 Å². The summed E-state index contributed by atoms with van der Waals surface area (Å²) in [4.78, 5) is 12.1. The molecule has 100 valence electrons. The Balaban J connectivity index is 2.79. The summed E-state index contributed by atoms with van der Waals surface area (Å²) in [5.41, 5.74) is 0.0981. The second kappa shape index (κ2) is 4.92. The Labute approximate surface area is 113 Å². The van der Waals surface area contributed by atoms with Crippen molar-refractivity contribution in [1.82, 2.24) is 0 Å². The predicted octanol–water partition coefficient (Wildman–Crippen LogP) is 3.30. The van der Waals surface area contributed by atoms with Crippen molar-refractivity contribution in [2.45, 2.75) is 19.3 Å². The van der Waals surface area contributed by atoms with E-state index in [1.165, 1.54) is 7.11 Å². The van der Waals surface area contributed by atoms with Gasteiger partial charge in [0.05, 0.1) is 19.6 Å². The van der Waals surface area contributed by atoms with Gasteiger partial charge in [0, 0.05) is 5.56 Å². The van der Waals surface area contributed by atoms with Crippen LogP contribution >= 0.6 is 0 Å². The highest BCUT2D eigenvalue weighted by Gasteiger charge is 2.35. The van der Waals surface area contributed by atoms with Gasteiger partial charge in [-0.1, -0.05) is 30.3 Å². The third kappa shape index (κ3) is 2.16. The van der Waals surface area contributed by atoms with Crippen LogP contribution in [0.1, 0.15) is 19.4 Å². The number of hydrogen-bond donors (Lipinski definition) is 0. The van der Waals surface area contributed by atoms with Gasteiger partial charge in [0.25, 0.3) is 0 Å². The van der Waals surface area contributed by atoms with Crippen molar-refractivity contribution in [1.29, 1.82) is 0 Å². The molecule has 0 N–H and O–H groups in total. The van der Waals surface area contributed by atoms with Gasteiger partial charge >= 0.3 is 5.97 Å². The average Bonchev–Trinajstić information content (AvgIpc) is 2.44. The Morgan fingerprint density at radius 1 is 1.05 bits per heavy atom. The van der Waals surface area contributed by atoms with Gasteiger partial charge in [-0.25, -0.2) is 0 Å². The van der Waals surface area contributed by atoms with E-state index < -0.39 is 5.41 Å². The molecule has 0 unspecified atom stereocenters. The van der Waals surface area contributed by atoms with Gasteiger partial charge in [-0.3, -0.25) is 4.79 Å². The molecule has 0 atom stereocenters. The van der Waals surface area contributed by atoms with Crippen LogP contribution in [0.25, 0.3) is 10.8 Å². The van der Waals surface area contributed by atoms with Crippen molar-refractivity contribution in [3.8, 4) is 5.75 Å².